The van der Waals surface area contributed by atoms with Crippen molar-refractivity contribution < 1.29 is 18.3 Å². The van der Waals surface area contributed by atoms with E-state index in [0.29, 0.717) is 12.5 Å². The first-order valence-corrected chi connectivity index (χ1v) is 5.71. The number of carbonyl (C=O) groups excluding carboxylic acids is 1. The topological polar surface area (TPSA) is 38.3 Å². The molecular formula is C13H17F2NO2. The lowest BCUT2D eigenvalue weighted by Crippen LogP contribution is -2.32. The van der Waals surface area contributed by atoms with Gasteiger partial charge in [0, 0.05) is 6.07 Å². The number of hydrogen-bond donors (Lipinski definition) is 1. The van der Waals surface area contributed by atoms with E-state index < -0.39 is 23.6 Å². The van der Waals surface area contributed by atoms with E-state index in [0.717, 1.165) is 18.2 Å². The van der Waals surface area contributed by atoms with Crippen molar-refractivity contribution in [1.29, 1.82) is 0 Å². The third kappa shape index (κ3) is 4.07. The molecule has 3 nitrogen and oxygen atoms in total. The van der Waals surface area contributed by atoms with Gasteiger partial charge in [-0.2, -0.15) is 0 Å². The van der Waals surface area contributed by atoms with E-state index in [1.165, 1.54) is 7.11 Å². The van der Waals surface area contributed by atoms with Gasteiger partial charge in [0.25, 0.3) is 0 Å². The summed E-state index contributed by atoms with van der Waals surface area (Å²) in [5.41, 5.74) is 0.222. The maximum atomic E-state index is 13.1. The van der Waals surface area contributed by atoms with Gasteiger partial charge < -0.3 is 10.1 Å². The van der Waals surface area contributed by atoms with Gasteiger partial charge in [-0.3, -0.25) is 0 Å². The van der Waals surface area contributed by atoms with Gasteiger partial charge >= 0.3 is 5.97 Å². The first-order chi connectivity index (χ1) is 8.43. The molecule has 0 heterocycles. The second-order valence-electron chi connectivity index (χ2n) is 4.46. The summed E-state index contributed by atoms with van der Waals surface area (Å²) < 4.78 is 30.9. The van der Waals surface area contributed by atoms with E-state index in [9.17, 15) is 13.6 Å². The summed E-state index contributed by atoms with van der Waals surface area (Å²) in [7, 11) is 1.24. The highest BCUT2D eigenvalue weighted by molar-refractivity contribution is 5.77. The van der Waals surface area contributed by atoms with E-state index in [2.05, 4.69) is 10.1 Å². The molecule has 0 spiro atoms. The molecule has 0 saturated heterocycles. The van der Waals surface area contributed by atoms with Gasteiger partial charge in [-0.25, -0.2) is 13.6 Å². The number of rotatable bonds is 5. The highest BCUT2D eigenvalue weighted by Crippen LogP contribution is 2.18. The van der Waals surface area contributed by atoms with Crippen LogP contribution in [0.15, 0.2) is 18.2 Å². The SMILES string of the molecule is COC(=O)C(NCC(C)C)c1cc(F)cc(F)c1. The van der Waals surface area contributed by atoms with Crippen molar-refractivity contribution in [3.63, 3.8) is 0 Å². The Balaban J connectivity index is 2.97. The van der Waals surface area contributed by atoms with Crippen molar-refractivity contribution in [2.45, 2.75) is 19.9 Å². The van der Waals surface area contributed by atoms with Gasteiger partial charge in [0.05, 0.1) is 7.11 Å². The van der Waals surface area contributed by atoms with Crippen LogP contribution < -0.4 is 5.32 Å². The fourth-order valence-electron chi connectivity index (χ4n) is 1.55. The van der Waals surface area contributed by atoms with Crippen LogP contribution in [0.1, 0.15) is 25.5 Å². The second-order valence-corrected chi connectivity index (χ2v) is 4.46. The van der Waals surface area contributed by atoms with E-state index in [-0.39, 0.29) is 5.56 Å². The zero-order chi connectivity index (χ0) is 13.7. The lowest BCUT2D eigenvalue weighted by atomic mass is 10.1. The third-order valence-corrected chi connectivity index (χ3v) is 2.39. The number of nitrogens with one attached hydrogen (secondary N) is 1. The van der Waals surface area contributed by atoms with Crippen LogP contribution in [-0.2, 0) is 9.53 Å². The minimum absolute atomic E-state index is 0.222. The normalized spacial score (nSPS) is 12.6. The molecule has 0 aliphatic carbocycles. The van der Waals surface area contributed by atoms with Gasteiger partial charge in [0.15, 0.2) is 0 Å². The molecule has 0 amide bonds. The maximum absolute atomic E-state index is 13.1. The molecule has 1 N–H and O–H groups in total. The molecule has 1 atom stereocenters. The Bertz CT molecular complexity index is 401. The molecule has 0 radical (unpaired) electrons. The summed E-state index contributed by atoms with van der Waals surface area (Å²) in [6.07, 6.45) is 0. The molecular weight excluding hydrogens is 240 g/mol. The predicted molar refractivity (Wildman–Crippen MR) is 64.0 cm³/mol. The Kier molecular flexibility index (Phi) is 5.22. The standard InChI is InChI=1S/C13H17F2NO2/c1-8(2)7-16-12(13(17)18-3)9-4-10(14)6-11(15)5-9/h4-6,8,12,16H,7H2,1-3H3. The Hall–Kier alpha value is -1.49. The van der Waals surface area contributed by atoms with Gasteiger partial charge in [0.2, 0.25) is 0 Å². The molecule has 0 aliphatic heterocycles. The number of benzene rings is 1. The molecule has 18 heavy (non-hydrogen) atoms. The average Bonchev–Trinajstić information content (AvgIpc) is 2.27. The van der Waals surface area contributed by atoms with E-state index in [4.69, 9.17) is 0 Å². The number of esters is 1. The monoisotopic (exact) mass is 257 g/mol. The molecule has 0 saturated carbocycles. The van der Waals surface area contributed by atoms with Gasteiger partial charge in [0.1, 0.15) is 17.7 Å². The molecule has 1 rings (SSSR count). The number of hydrogen-bond acceptors (Lipinski definition) is 3. The Morgan fingerprint density at radius 1 is 1.28 bits per heavy atom. The van der Waals surface area contributed by atoms with Crippen LogP contribution in [0.5, 0.6) is 0 Å². The largest absolute Gasteiger partial charge is 0.468 e. The van der Waals surface area contributed by atoms with Crippen LogP contribution in [-0.4, -0.2) is 19.6 Å². The third-order valence-electron chi connectivity index (χ3n) is 2.39. The first-order valence-electron chi connectivity index (χ1n) is 5.71. The van der Waals surface area contributed by atoms with E-state index in [1.54, 1.807) is 0 Å². The molecule has 1 unspecified atom stereocenters. The van der Waals surface area contributed by atoms with Crippen molar-refractivity contribution in [3.8, 4) is 0 Å². The van der Waals surface area contributed by atoms with Crippen LogP contribution >= 0.6 is 0 Å². The Morgan fingerprint density at radius 2 is 1.83 bits per heavy atom. The van der Waals surface area contributed by atoms with Crippen LogP contribution in [0.4, 0.5) is 8.78 Å². The number of carbonyl (C=O) groups is 1. The summed E-state index contributed by atoms with van der Waals surface area (Å²) in [5, 5.41) is 2.93. The molecule has 1 aromatic carbocycles. The molecule has 0 aliphatic rings. The molecule has 0 fully saturated rings. The molecule has 0 bridgehead atoms. The molecule has 100 valence electrons. The zero-order valence-corrected chi connectivity index (χ0v) is 10.7. The summed E-state index contributed by atoms with van der Waals surface area (Å²) in [6.45, 7) is 4.47. The highest BCUT2D eigenvalue weighted by Gasteiger charge is 2.22. The van der Waals surface area contributed by atoms with Gasteiger partial charge in [-0.1, -0.05) is 13.8 Å². The molecule has 0 aromatic heterocycles. The minimum atomic E-state index is -0.859. The quantitative estimate of drug-likeness (QED) is 0.823. The Morgan fingerprint density at radius 3 is 2.28 bits per heavy atom. The number of halogens is 2. The van der Waals surface area contributed by atoms with Crippen molar-refractivity contribution >= 4 is 5.97 Å². The number of methoxy groups -OCH3 is 1. The maximum Gasteiger partial charge on any atom is 0.327 e. The fraction of sp³-hybridized carbons (Fsp3) is 0.462. The molecule has 1 aromatic rings. The average molecular weight is 257 g/mol. The smallest absolute Gasteiger partial charge is 0.327 e. The zero-order valence-electron chi connectivity index (χ0n) is 10.7. The van der Waals surface area contributed by atoms with Gasteiger partial charge in [-0.15, -0.1) is 0 Å². The lowest BCUT2D eigenvalue weighted by molar-refractivity contribution is -0.143. The van der Waals surface area contributed by atoms with Gasteiger partial charge in [-0.05, 0) is 30.2 Å². The number of ether oxygens (including phenoxy) is 1. The minimum Gasteiger partial charge on any atom is -0.468 e. The van der Waals surface area contributed by atoms with Crippen molar-refractivity contribution in [1.82, 2.24) is 5.32 Å². The van der Waals surface area contributed by atoms with Crippen molar-refractivity contribution in [3.05, 3.63) is 35.4 Å². The molecule has 5 heteroatoms. The summed E-state index contributed by atoms with van der Waals surface area (Å²) >= 11 is 0. The second kappa shape index (κ2) is 6.44. The highest BCUT2D eigenvalue weighted by atomic mass is 19.1. The lowest BCUT2D eigenvalue weighted by Gasteiger charge is -2.18. The van der Waals surface area contributed by atoms with Crippen LogP contribution in [0.25, 0.3) is 0 Å². The summed E-state index contributed by atoms with van der Waals surface area (Å²) in [4.78, 5) is 11.6. The van der Waals surface area contributed by atoms with Crippen molar-refractivity contribution in [2.75, 3.05) is 13.7 Å². The van der Waals surface area contributed by atoms with Crippen LogP contribution in [0, 0.1) is 17.6 Å². The van der Waals surface area contributed by atoms with E-state index >= 15 is 0 Å². The van der Waals surface area contributed by atoms with Crippen LogP contribution in [0.3, 0.4) is 0 Å². The summed E-state index contributed by atoms with van der Waals surface area (Å²) in [5.74, 6) is -1.70. The summed E-state index contributed by atoms with van der Waals surface area (Å²) in [6, 6.07) is 2.15. The fourth-order valence-corrected chi connectivity index (χ4v) is 1.55. The first kappa shape index (κ1) is 14.6. The van der Waals surface area contributed by atoms with E-state index in [1.807, 2.05) is 13.8 Å². The van der Waals surface area contributed by atoms with Crippen molar-refractivity contribution in [2.24, 2.45) is 5.92 Å². The Labute approximate surface area is 105 Å². The van der Waals surface area contributed by atoms with Crippen LogP contribution in [0.2, 0.25) is 0 Å². The predicted octanol–water partition coefficient (Wildman–Crippen LogP) is 2.42.